The molecule has 2 unspecified atom stereocenters. The summed E-state index contributed by atoms with van der Waals surface area (Å²) in [7, 11) is 1.65. The molecule has 16 heavy (non-hydrogen) atoms. The molecule has 90 valence electrons. The largest absolute Gasteiger partial charge is 0.496 e. The van der Waals surface area contributed by atoms with E-state index in [-0.39, 0.29) is 5.38 Å². The molecular formula is C13H18Cl2O. The molecule has 0 radical (unpaired) electrons. The van der Waals surface area contributed by atoms with E-state index in [2.05, 4.69) is 20.8 Å². The highest BCUT2D eigenvalue weighted by atomic mass is 35.5. The minimum absolute atomic E-state index is 0.0753. The first kappa shape index (κ1) is 13.7. The van der Waals surface area contributed by atoms with Crippen molar-refractivity contribution in [3.05, 3.63) is 28.8 Å². The molecule has 0 spiro atoms. The van der Waals surface area contributed by atoms with Gasteiger partial charge >= 0.3 is 0 Å². The molecule has 0 fully saturated rings. The van der Waals surface area contributed by atoms with Crippen molar-refractivity contribution in [3.8, 4) is 5.75 Å². The second-order valence-corrected chi connectivity index (χ2v) is 5.30. The van der Waals surface area contributed by atoms with Crippen molar-refractivity contribution in [2.75, 3.05) is 7.11 Å². The summed E-state index contributed by atoms with van der Waals surface area (Å²) in [6.45, 7) is 6.47. The first-order chi connectivity index (χ1) is 7.47. The lowest BCUT2D eigenvalue weighted by Crippen LogP contribution is -2.11. The second-order valence-electron chi connectivity index (χ2n) is 4.39. The van der Waals surface area contributed by atoms with Gasteiger partial charge in [0.15, 0.2) is 0 Å². The molecule has 2 atom stereocenters. The quantitative estimate of drug-likeness (QED) is 0.699. The van der Waals surface area contributed by atoms with E-state index in [0.717, 1.165) is 11.3 Å². The molecule has 0 saturated carbocycles. The Morgan fingerprint density at radius 1 is 1.19 bits per heavy atom. The Morgan fingerprint density at radius 2 is 1.81 bits per heavy atom. The van der Waals surface area contributed by atoms with Gasteiger partial charge in [0, 0.05) is 10.6 Å². The van der Waals surface area contributed by atoms with E-state index < -0.39 is 0 Å². The summed E-state index contributed by atoms with van der Waals surface area (Å²) >= 11 is 12.5. The normalized spacial score (nSPS) is 14.9. The van der Waals surface area contributed by atoms with Crippen molar-refractivity contribution in [2.45, 2.75) is 26.1 Å². The Labute approximate surface area is 108 Å². The molecule has 0 aliphatic heterocycles. The molecule has 0 N–H and O–H groups in total. The Kier molecular flexibility index (Phi) is 4.94. The monoisotopic (exact) mass is 260 g/mol. The van der Waals surface area contributed by atoms with Crippen molar-refractivity contribution >= 4 is 23.2 Å². The number of ether oxygens (including phenoxy) is 1. The summed E-state index contributed by atoms with van der Waals surface area (Å²) < 4.78 is 5.31. The maximum atomic E-state index is 6.47. The number of rotatable bonds is 4. The van der Waals surface area contributed by atoms with Gasteiger partial charge in [-0.1, -0.05) is 32.4 Å². The molecule has 0 heterocycles. The number of hydrogen-bond acceptors (Lipinski definition) is 1. The van der Waals surface area contributed by atoms with Gasteiger partial charge in [0.1, 0.15) is 5.75 Å². The van der Waals surface area contributed by atoms with Gasteiger partial charge in [-0.2, -0.15) is 0 Å². The third-order valence-electron chi connectivity index (χ3n) is 3.00. The van der Waals surface area contributed by atoms with E-state index in [4.69, 9.17) is 27.9 Å². The van der Waals surface area contributed by atoms with Crippen molar-refractivity contribution in [2.24, 2.45) is 11.8 Å². The average molecular weight is 261 g/mol. The van der Waals surface area contributed by atoms with Gasteiger partial charge in [-0.15, -0.1) is 11.6 Å². The molecule has 0 aromatic heterocycles. The van der Waals surface area contributed by atoms with Crippen LogP contribution in [0.1, 0.15) is 31.7 Å². The molecule has 1 aromatic carbocycles. The molecule has 0 amide bonds. The van der Waals surface area contributed by atoms with Crippen LogP contribution in [0.5, 0.6) is 5.75 Å². The van der Waals surface area contributed by atoms with E-state index in [1.54, 1.807) is 7.11 Å². The molecule has 0 saturated heterocycles. The fraction of sp³-hybridized carbons (Fsp3) is 0.538. The second kappa shape index (κ2) is 5.79. The van der Waals surface area contributed by atoms with E-state index in [1.165, 1.54) is 0 Å². The predicted molar refractivity (Wildman–Crippen MR) is 70.6 cm³/mol. The minimum Gasteiger partial charge on any atom is -0.496 e. The van der Waals surface area contributed by atoms with Gasteiger partial charge in [0.25, 0.3) is 0 Å². The smallest absolute Gasteiger partial charge is 0.123 e. The first-order valence-corrected chi connectivity index (χ1v) is 6.26. The zero-order valence-electron chi connectivity index (χ0n) is 10.1. The number of methoxy groups -OCH3 is 1. The van der Waals surface area contributed by atoms with Gasteiger partial charge in [0.2, 0.25) is 0 Å². The van der Waals surface area contributed by atoms with Gasteiger partial charge in [-0.05, 0) is 30.0 Å². The molecule has 0 aliphatic carbocycles. The Bertz CT molecular complexity index is 350. The Hall–Kier alpha value is -0.400. The SMILES string of the molecule is COc1ccc(Cl)cc1C(Cl)C(C)C(C)C. The van der Waals surface area contributed by atoms with Crippen LogP contribution >= 0.6 is 23.2 Å². The van der Waals surface area contributed by atoms with E-state index in [0.29, 0.717) is 16.9 Å². The fourth-order valence-corrected chi connectivity index (χ4v) is 2.18. The third-order valence-corrected chi connectivity index (χ3v) is 3.87. The first-order valence-electron chi connectivity index (χ1n) is 5.44. The summed E-state index contributed by atoms with van der Waals surface area (Å²) in [4.78, 5) is 0. The summed E-state index contributed by atoms with van der Waals surface area (Å²) in [5, 5.41) is 0.617. The van der Waals surface area contributed by atoms with Crippen LogP contribution in [-0.2, 0) is 0 Å². The maximum Gasteiger partial charge on any atom is 0.123 e. The Morgan fingerprint density at radius 3 is 2.31 bits per heavy atom. The van der Waals surface area contributed by atoms with Crippen LogP contribution in [-0.4, -0.2) is 7.11 Å². The van der Waals surface area contributed by atoms with Crippen molar-refractivity contribution in [1.82, 2.24) is 0 Å². The number of benzene rings is 1. The van der Waals surface area contributed by atoms with Crippen LogP contribution in [0.3, 0.4) is 0 Å². The van der Waals surface area contributed by atoms with E-state index in [1.807, 2.05) is 18.2 Å². The zero-order valence-corrected chi connectivity index (χ0v) is 11.6. The van der Waals surface area contributed by atoms with Crippen LogP contribution in [0, 0.1) is 11.8 Å². The lowest BCUT2D eigenvalue weighted by Gasteiger charge is -2.23. The van der Waals surface area contributed by atoms with Crippen molar-refractivity contribution in [3.63, 3.8) is 0 Å². The highest BCUT2D eigenvalue weighted by molar-refractivity contribution is 6.31. The lowest BCUT2D eigenvalue weighted by molar-refractivity contribution is 0.380. The maximum absolute atomic E-state index is 6.47. The molecule has 3 heteroatoms. The lowest BCUT2D eigenvalue weighted by atomic mass is 9.90. The number of alkyl halides is 1. The van der Waals surface area contributed by atoms with E-state index >= 15 is 0 Å². The van der Waals surface area contributed by atoms with Crippen LogP contribution in [0.15, 0.2) is 18.2 Å². The Balaban J connectivity index is 3.05. The average Bonchev–Trinajstić information content (AvgIpc) is 2.26. The standard InChI is InChI=1S/C13H18Cl2O/c1-8(2)9(3)13(15)11-7-10(14)5-6-12(11)16-4/h5-9,13H,1-4H3. The van der Waals surface area contributed by atoms with Crippen molar-refractivity contribution < 1.29 is 4.74 Å². The van der Waals surface area contributed by atoms with Crippen LogP contribution in [0.2, 0.25) is 5.02 Å². The number of halogens is 2. The predicted octanol–water partition coefficient (Wildman–Crippen LogP) is 4.92. The summed E-state index contributed by atoms with van der Waals surface area (Å²) in [5.74, 6) is 1.69. The summed E-state index contributed by atoms with van der Waals surface area (Å²) in [6, 6.07) is 5.56. The van der Waals surface area contributed by atoms with Gasteiger partial charge in [0.05, 0.1) is 12.5 Å². The van der Waals surface area contributed by atoms with Gasteiger partial charge in [-0.3, -0.25) is 0 Å². The van der Waals surface area contributed by atoms with Crippen LogP contribution < -0.4 is 4.74 Å². The van der Waals surface area contributed by atoms with Crippen LogP contribution in [0.25, 0.3) is 0 Å². The van der Waals surface area contributed by atoms with Gasteiger partial charge in [-0.25, -0.2) is 0 Å². The molecular weight excluding hydrogens is 243 g/mol. The van der Waals surface area contributed by atoms with E-state index in [9.17, 15) is 0 Å². The van der Waals surface area contributed by atoms with Crippen LogP contribution in [0.4, 0.5) is 0 Å². The summed E-state index contributed by atoms with van der Waals surface area (Å²) in [5.41, 5.74) is 0.970. The minimum atomic E-state index is -0.0753. The third kappa shape index (κ3) is 3.05. The highest BCUT2D eigenvalue weighted by Crippen LogP contribution is 2.39. The van der Waals surface area contributed by atoms with Gasteiger partial charge < -0.3 is 4.74 Å². The summed E-state index contributed by atoms with van der Waals surface area (Å²) in [6.07, 6.45) is 0. The van der Waals surface area contributed by atoms with Crippen molar-refractivity contribution in [1.29, 1.82) is 0 Å². The molecule has 0 aliphatic rings. The molecule has 1 aromatic rings. The molecule has 0 bridgehead atoms. The topological polar surface area (TPSA) is 9.23 Å². The highest BCUT2D eigenvalue weighted by Gasteiger charge is 2.22. The zero-order chi connectivity index (χ0) is 12.3. The fourth-order valence-electron chi connectivity index (χ4n) is 1.54. The molecule has 1 rings (SSSR count). The number of hydrogen-bond donors (Lipinski definition) is 0. The molecule has 1 nitrogen and oxygen atoms in total.